The topological polar surface area (TPSA) is 23.5 Å². The van der Waals surface area contributed by atoms with Gasteiger partial charge in [-0.3, -0.25) is 4.90 Å². The van der Waals surface area contributed by atoms with Gasteiger partial charge in [0.15, 0.2) is 0 Å². The van der Waals surface area contributed by atoms with E-state index in [9.17, 15) is 5.11 Å². The fourth-order valence-electron chi connectivity index (χ4n) is 2.43. The maximum absolute atomic E-state index is 10.1. The number of hydrogen-bond acceptors (Lipinski definition) is 2. The molecule has 0 aliphatic carbocycles. The van der Waals surface area contributed by atoms with Gasteiger partial charge in [-0.05, 0) is 17.5 Å². The van der Waals surface area contributed by atoms with Gasteiger partial charge in [-0.25, -0.2) is 0 Å². The SMILES string of the molecule is C=CC[C@@H](O)CN(Cc1ccccc1)Cc1ccccc1. The van der Waals surface area contributed by atoms with E-state index in [1.165, 1.54) is 11.1 Å². The van der Waals surface area contributed by atoms with Crippen molar-refractivity contribution in [2.45, 2.75) is 25.6 Å². The van der Waals surface area contributed by atoms with E-state index in [4.69, 9.17) is 0 Å². The number of aliphatic hydroxyl groups excluding tert-OH is 1. The first-order valence-corrected chi connectivity index (χ1v) is 7.37. The molecule has 0 amide bonds. The van der Waals surface area contributed by atoms with Crippen LogP contribution in [0.5, 0.6) is 0 Å². The molecule has 0 unspecified atom stereocenters. The lowest BCUT2D eigenvalue weighted by Crippen LogP contribution is -2.31. The van der Waals surface area contributed by atoms with E-state index in [0.717, 1.165) is 13.1 Å². The molecule has 110 valence electrons. The first kappa shape index (κ1) is 15.5. The highest BCUT2D eigenvalue weighted by atomic mass is 16.3. The molecule has 2 nitrogen and oxygen atoms in total. The summed E-state index contributed by atoms with van der Waals surface area (Å²) in [5, 5.41) is 10.1. The molecule has 0 fully saturated rings. The Morgan fingerprint density at radius 2 is 1.38 bits per heavy atom. The minimum atomic E-state index is -0.366. The summed E-state index contributed by atoms with van der Waals surface area (Å²) in [4.78, 5) is 2.28. The second-order valence-electron chi connectivity index (χ2n) is 5.32. The lowest BCUT2D eigenvalue weighted by molar-refractivity contribution is 0.106. The van der Waals surface area contributed by atoms with Crippen molar-refractivity contribution >= 4 is 0 Å². The first-order chi connectivity index (χ1) is 10.3. The Kier molecular flexibility index (Phi) is 6.20. The number of rotatable bonds is 8. The maximum atomic E-state index is 10.1. The molecular weight excluding hydrogens is 258 g/mol. The lowest BCUT2D eigenvalue weighted by atomic mass is 10.1. The molecule has 0 aliphatic heterocycles. The van der Waals surface area contributed by atoms with Crippen LogP contribution in [0.3, 0.4) is 0 Å². The summed E-state index contributed by atoms with van der Waals surface area (Å²) in [6.45, 7) is 6.02. The average molecular weight is 281 g/mol. The van der Waals surface area contributed by atoms with Crippen LogP contribution >= 0.6 is 0 Å². The van der Waals surface area contributed by atoms with Gasteiger partial charge in [0.05, 0.1) is 6.10 Å². The highest BCUT2D eigenvalue weighted by Crippen LogP contribution is 2.11. The van der Waals surface area contributed by atoms with Crippen molar-refractivity contribution in [2.24, 2.45) is 0 Å². The van der Waals surface area contributed by atoms with Crippen molar-refractivity contribution in [3.63, 3.8) is 0 Å². The van der Waals surface area contributed by atoms with Crippen molar-refractivity contribution in [3.8, 4) is 0 Å². The monoisotopic (exact) mass is 281 g/mol. The number of nitrogens with zero attached hydrogens (tertiary/aromatic N) is 1. The molecule has 2 heteroatoms. The third-order valence-corrected chi connectivity index (χ3v) is 3.41. The van der Waals surface area contributed by atoms with E-state index in [1.807, 2.05) is 12.1 Å². The summed E-state index contributed by atoms with van der Waals surface area (Å²) in [6, 6.07) is 20.7. The summed E-state index contributed by atoms with van der Waals surface area (Å²) < 4.78 is 0. The Hall–Kier alpha value is -1.90. The van der Waals surface area contributed by atoms with Gasteiger partial charge in [-0.15, -0.1) is 6.58 Å². The zero-order valence-corrected chi connectivity index (χ0v) is 12.4. The number of hydrogen-bond donors (Lipinski definition) is 1. The van der Waals surface area contributed by atoms with Gasteiger partial charge >= 0.3 is 0 Å². The molecule has 0 aromatic heterocycles. The Bertz CT molecular complexity index is 482. The van der Waals surface area contributed by atoms with E-state index in [-0.39, 0.29) is 6.10 Å². The molecule has 0 bridgehead atoms. The molecule has 2 aromatic carbocycles. The van der Waals surface area contributed by atoms with Gasteiger partial charge in [-0.1, -0.05) is 66.7 Å². The first-order valence-electron chi connectivity index (χ1n) is 7.37. The van der Waals surface area contributed by atoms with E-state index < -0.39 is 0 Å². The molecule has 1 atom stereocenters. The van der Waals surface area contributed by atoms with Gasteiger partial charge in [-0.2, -0.15) is 0 Å². The molecule has 0 saturated carbocycles. The summed E-state index contributed by atoms with van der Waals surface area (Å²) in [5.74, 6) is 0. The van der Waals surface area contributed by atoms with Crippen molar-refractivity contribution in [2.75, 3.05) is 6.54 Å². The number of benzene rings is 2. The van der Waals surface area contributed by atoms with Crippen LogP contribution in [0.4, 0.5) is 0 Å². The van der Waals surface area contributed by atoms with Crippen LogP contribution in [0.2, 0.25) is 0 Å². The van der Waals surface area contributed by atoms with E-state index >= 15 is 0 Å². The van der Waals surface area contributed by atoms with Crippen LogP contribution < -0.4 is 0 Å². The van der Waals surface area contributed by atoms with E-state index in [1.54, 1.807) is 6.08 Å². The lowest BCUT2D eigenvalue weighted by Gasteiger charge is -2.25. The standard InChI is InChI=1S/C19H23NO/c1-2-9-19(21)16-20(14-17-10-5-3-6-11-17)15-18-12-7-4-8-13-18/h2-8,10-13,19,21H,1,9,14-16H2/t19-/m1/s1. The molecule has 0 heterocycles. The second kappa shape index (κ2) is 8.40. The van der Waals surface area contributed by atoms with Crippen LogP contribution in [0.15, 0.2) is 73.3 Å². The minimum Gasteiger partial charge on any atom is -0.391 e. The van der Waals surface area contributed by atoms with Gasteiger partial charge in [0.2, 0.25) is 0 Å². The molecule has 2 rings (SSSR count). The van der Waals surface area contributed by atoms with Crippen LogP contribution in [0.25, 0.3) is 0 Å². The summed E-state index contributed by atoms with van der Waals surface area (Å²) in [5.41, 5.74) is 2.53. The van der Waals surface area contributed by atoms with Gasteiger partial charge < -0.3 is 5.11 Å². The van der Waals surface area contributed by atoms with Gasteiger partial charge in [0.25, 0.3) is 0 Å². The van der Waals surface area contributed by atoms with Gasteiger partial charge in [0.1, 0.15) is 0 Å². The highest BCUT2D eigenvalue weighted by molar-refractivity contribution is 5.17. The molecule has 0 saturated heterocycles. The quantitative estimate of drug-likeness (QED) is 0.747. The van der Waals surface area contributed by atoms with Crippen LogP contribution in [0.1, 0.15) is 17.5 Å². The van der Waals surface area contributed by atoms with Crippen LogP contribution in [-0.2, 0) is 13.1 Å². The fourth-order valence-corrected chi connectivity index (χ4v) is 2.43. The van der Waals surface area contributed by atoms with E-state index in [0.29, 0.717) is 13.0 Å². The summed E-state index contributed by atoms with van der Waals surface area (Å²) in [7, 11) is 0. The summed E-state index contributed by atoms with van der Waals surface area (Å²) >= 11 is 0. The van der Waals surface area contributed by atoms with Gasteiger partial charge in [0, 0.05) is 19.6 Å². The van der Waals surface area contributed by atoms with E-state index in [2.05, 4.69) is 60.0 Å². The normalized spacial score (nSPS) is 12.3. The Labute approximate surface area is 127 Å². The number of aliphatic hydroxyl groups is 1. The maximum Gasteiger partial charge on any atom is 0.0701 e. The third kappa shape index (κ3) is 5.54. The Balaban J connectivity index is 2.04. The van der Waals surface area contributed by atoms with Crippen molar-refractivity contribution in [1.82, 2.24) is 4.90 Å². The molecule has 1 N–H and O–H groups in total. The molecular formula is C19H23NO. The van der Waals surface area contributed by atoms with Crippen LogP contribution in [-0.4, -0.2) is 22.7 Å². The molecule has 21 heavy (non-hydrogen) atoms. The second-order valence-corrected chi connectivity index (χ2v) is 5.32. The molecule has 0 radical (unpaired) electrons. The largest absolute Gasteiger partial charge is 0.391 e. The molecule has 2 aromatic rings. The molecule has 0 spiro atoms. The smallest absolute Gasteiger partial charge is 0.0701 e. The highest BCUT2D eigenvalue weighted by Gasteiger charge is 2.12. The molecule has 0 aliphatic rings. The zero-order chi connectivity index (χ0) is 14.9. The third-order valence-electron chi connectivity index (χ3n) is 3.41. The predicted octanol–water partition coefficient (Wildman–Crippen LogP) is 3.63. The average Bonchev–Trinajstić information content (AvgIpc) is 2.49. The zero-order valence-electron chi connectivity index (χ0n) is 12.4. The Morgan fingerprint density at radius 1 is 0.905 bits per heavy atom. The van der Waals surface area contributed by atoms with Crippen molar-refractivity contribution in [1.29, 1.82) is 0 Å². The minimum absolute atomic E-state index is 0.366. The van der Waals surface area contributed by atoms with Crippen LogP contribution in [0, 0.1) is 0 Å². The fraction of sp³-hybridized carbons (Fsp3) is 0.263. The summed E-state index contributed by atoms with van der Waals surface area (Å²) in [6.07, 6.45) is 2.03. The Morgan fingerprint density at radius 3 is 1.81 bits per heavy atom. The predicted molar refractivity (Wildman–Crippen MR) is 87.8 cm³/mol. The van der Waals surface area contributed by atoms with Crippen molar-refractivity contribution in [3.05, 3.63) is 84.4 Å². The van der Waals surface area contributed by atoms with Crippen molar-refractivity contribution < 1.29 is 5.11 Å².